The monoisotopic (exact) mass is 390 g/mol. The molecule has 5 nitrogen and oxygen atoms in total. The number of piperazine rings is 1. The second-order valence-electron chi connectivity index (χ2n) is 7.12. The molecule has 2 saturated heterocycles. The molecule has 3 heterocycles. The average Bonchev–Trinajstić information content (AvgIpc) is 2.67. The van der Waals surface area contributed by atoms with Gasteiger partial charge in [0.05, 0.1) is 11.1 Å². The van der Waals surface area contributed by atoms with Gasteiger partial charge in [0.25, 0.3) is 5.91 Å². The number of likely N-dealkylation sites (tertiary alicyclic amines) is 1. The molecule has 1 aromatic heterocycles. The fourth-order valence-corrected chi connectivity index (χ4v) is 3.80. The molecule has 1 amide bonds. The first-order valence-electron chi connectivity index (χ1n) is 9.29. The van der Waals surface area contributed by atoms with E-state index in [0.29, 0.717) is 13.1 Å². The third kappa shape index (κ3) is 3.69. The topological polar surface area (TPSA) is 39.7 Å². The molecule has 1 aromatic carbocycles. The van der Waals surface area contributed by atoms with Crippen LogP contribution in [0, 0.1) is 0 Å². The van der Waals surface area contributed by atoms with Crippen molar-refractivity contribution in [1.82, 2.24) is 14.8 Å². The van der Waals surface area contributed by atoms with Gasteiger partial charge in [0, 0.05) is 51.5 Å². The maximum absolute atomic E-state index is 13.1. The molecular weight excluding hydrogens is 369 g/mol. The van der Waals surface area contributed by atoms with Crippen molar-refractivity contribution in [2.45, 2.75) is 12.2 Å². The van der Waals surface area contributed by atoms with Crippen molar-refractivity contribution in [2.24, 2.45) is 0 Å². The van der Waals surface area contributed by atoms with E-state index in [1.807, 2.05) is 18.2 Å². The molecule has 0 atom stereocenters. The summed E-state index contributed by atoms with van der Waals surface area (Å²) < 4.78 is 39.4. The summed E-state index contributed by atoms with van der Waals surface area (Å²) in [4.78, 5) is 22.9. The summed E-state index contributed by atoms with van der Waals surface area (Å²) in [5.41, 5.74) is -1.14. The van der Waals surface area contributed by atoms with E-state index in [1.165, 1.54) is 23.1 Å². The molecule has 2 aliphatic heterocycles. The molecule has 2 aliphatic rings. The maximum Gasteiger partial charge on any atom is 0.417 e. The second-order valence-corrected chi connectivity index (χ2v) is 7.12. The zero-order valence-electron chi connectivity index (χ0n) is 15.3. The highest BCUT2D eigenvalue weighted by molar-refractivity contribution is 5.96. The lowest BCUT2D eigenvalue weighted by Crippen LogP contribution is -2.64. The number of anilines is 1. The number of carbonyl (C=O) groups is 1. The van der Waals surface area contributed by atoms with E-state index in [2.05, 4.69) is 14.8 Å². The predicted octanol–water partition coefficient (Wildman–Crippen LogP) is 2.75. The molecule has 0 spiro atoms. The Kier molecular flexibility index (Phi) is 4.97. The predicted molar refractivity (Wildman–Crippen MR) is 99.2 cm³/mol. The minimum atomic E-state index is -4.53. The summed E-state index contributed by atoms with van der Waals surface area (Å²) in [6.45, 7) is 4.32. The number of aromatic nitrogens is 1. The molecule has 28 heavy (non-hydrogen) atoms. The summed E-state index contributed by atoms with van der Waals surface area (Å²) in [6, 6.07) is 11.0. The van der Waals surface area contributed by atoms with E-state index in [4.69, 9.17) is 0 Å². The number of alkyl halides is 3. The highest BCUT2D eigenvalue weighted by atomic mass is 19.4. The Balaban J connectivity index is 1.33. The van der Waals surface area contributed by atoms with Gasteiger partial charge in [0.2, 0.25) is 0 Å². The van der Waals surface area contributed by atoms with Crippen molar-refractivity contribution in [2.75, 3.05) is 44.2 Å². The zero-order valence-corrected chi connectivity index (χ0v) is 15.3. The lowest BCUT2D eigenvalue weighted by molar-refractivity contribution is -0.138. The summed E-state index contributed by atoms with van der Waals surface area (Å²) >= 11 is 0. The van der Waals surface area contributed by atoms with Gasteiger partial charge in [-0.3, -0.25) is 9.69 Å². The van der Waals surface area contributed by atoms with Gasteiger partial charge >= 0.3 is 6.18 Å². The fraction of sp³-hybridized carbons (Fsp3) is 0.400. The van der Waals surface area contributed by atoms with Gasteiger partial charge in [-0.15, -0.1) is 0 Å². The van der Waals surface area contributed by atoms with Crippen LogP contribution in [-0.4, -0.2) is 66.0 Å². The molecule has 148 valence electrons. The summed E-state index contributed by atoms with van der Waals surface area (Å²) in [7, 11) is 0. The van der Waals surface area contributed by atoms with Crippen LogP contribution < -0.4 is 4.90 Å². The van der Waals surface area contributed by atoms with Crippen molar-refractivity contribution >= 4 is 11.7 Å². The lowest BCUT2D eigenvalue weighted by atomic mass is 10.0. The second kappa shape index (κ2) is 7.43. The van der Waals surface area contributed by atoms with Gasteiger partial charge in [-0.05, 0) is 24.3 Å². The Bertz CT molecular complexity index is 829. The number of carbonyl (C=O) groups excluding carboxylic acids is 1. The maximum atomic E-state index is 13.1. The third-order valence-electron chi connectivity index (χ3n) is 5.42. The largest absolute Gasteiger partial charge is 0.417 e. The number of amides is 1. The molecule has 8 heteroatoms. The molecule has 0 N–H and O–H groups in total. The van der Waals surface area contributed by atoms with Gasteiger partial charge in [-0.25, -0.2) is 4.98 Å². The standard InChI is InChI=1S/C20H21F3N4O/c21-20(22,23)17-6-2-1-5-16(17)19(28)27-13-15(14-27)25-9-11-26(12-10-25)18-7-3-4-8-24-18/h1-8,15H,9-14H2. The quantitative estimate of drug-likeness (QED) is 0.808. The smallest absolute Gasteiger partial charge is 0.354 e. The highest BCUT2D eigenvalue weighted by Gasteiger charge is 2.40. The molecule has 0 saturated carbocycles. The first-order valence-corrected chi connectivity index (χ1v) is 9.29. The van der Waals surface area contributed by atoms with E-state index in [9.17, 15) is 18.0 Å². The number of hydrogen-bond acceptors (Lipinski definition) is 4. The van der Waals surface area contributed by atoms with E-state index < -0.39 is 17.6 Å². The van der Waals surface area contributed by atoms with Gasteiger partial charge in [-0.1, -0.05) is 18.2 Å². The van der Waals surface area contributed by atoms with Crippen molar-refractivity contribution in [3.8, 4) is 0 Å². The van der Waals surface area contributed by atoms with E-state index in [1.54, 1.807) is 6.20 Å². The van der Waals surface area contributed by atoms with Crippen LogP contribution in [0.4, 0.5) is 19.0 Å². The van der Waals surface area contributed by atoms with E-state index in [-0.39, 0.29) is 11.6 Å². The number of hydrogen-bond donors (Lipinski definition) is 0. The highest BCUT2D eigenvalue weighted by Crippen LogP contribution is 2.33. The van der Waals surface area contributed by atoms with Gasteiger partial charge < -0.3 is 9.80 Å². The molecule has 2 fully saturated rings. The number of benzene rings is 1. The molecule has 0 radical (unpaired) electrons. The summed E-state index contributed by atoms with van der Waals surface area (Å²) in [5, 5.41) is 0. The summed E-state index contributed by atoms with van der Waals surface area (Å²) in [5.74, 6) is 0.410. The fourth-order valence-electron chi connectivity index (χ4n) is 3.80. The van der Waals surface area contributed by atoms with Crippen LogP contribution in [0.25, 0.3) is 0 Å². The SMILES string of the molecule is O=C(c1ccccc1C(F)(F)F)N1CC(N2CCN(c3ccccn3)CC2)C1. The van der Waals surface area contributed by atoms with Crippen LogP contribution in [-0.2, 0) is 6.18 Å². The molecule has 0 aliphatic carbocycles. The Morgan fingerprint density at radius 3 is 2.29 bits per heavy atom. The van der Waals surface area contributed by atoms with Crippen molar-refractivity contribution < 1.29 is 18.0 Å². The van der Waals surface area contributed by atoms with E-state index in [0.717, 1.165) is 38.1 Å². The minimum absolute atomic E-state index is 0.202. The first kappa shape index (κ1) is 18.7. The average molecular weight is 390 g/mol. The van der Waals surface area contributed by atoms with Crippen LogP contribution in [0.3, 0.4) is 0 Å². The van der Waals surface area contributed by atoms with Crippen LogP contribution >= 0.6 is 0 Å². The Morgan fingerprint density at radius 1 is 0.964 bits per heavy atom. The van der Waals surface area contributed by atoms with Gasteiger partial charge in [-0.2, -0.15) is 13.2 Å². The van der Waals surface area contributed by atoms with Gasteiger partial charge in [0.15, 0.2) is 0 Å². The molecule has 0 bridgehead atoms. The van der Waals surface area contributed by atoms with Crippen molar-refractivity contribution in [3.05, 3.63) is 59.8 Å². The number of pyridine rings is 1. The van der Waals surface area contributed by atoms with Crippen LogP contribution in [0.5, 0.6) is 0 Å². The molecule has 2 aromatic rings. The lowest BCUT2D eigenvalue weighted by Gasteiger charge is -2.48. The minimum Gasteiger partial charge on any atom is -0.354 e. The Labute approximate surface area is 161 Å². The molecule has 0 unspecified atom stereocenters. The number of rotatable bonds is 3. The zero-order chi connectivity index (χ0) is 19.7. The molecular formula is C20H21F3N4O. The Morgan fingerprint density at radius 2 is 1.64 bits per heavy atom. The van der Waals surface area contributed by atoms with Crippen LogP contribution in [0.2, 0.25) is 0 Å². The van der Waals surface area contributed by atoms with Crippen LogP contribution in [0.1, 0.15) is 15.9 Å². The number of halogens is 3. The number of nitrogens with zero attached hydrogens (tertiary/aromatic N) is 4. The third-order valence-corrected chi connectivity index (χ3v) is 5.42. The van der Waals surface area contributed by atoms with Crippen molar-refractivity contribution in [3.63, 3.8) is 0 Å². The Hall–Kier alpha value is -2.61. The van der Waals surface area contributed by atoms with E-state index >= 15 is 0 Å². The molecule has 4 rings (SSSR count). The summed E-state index contributed by atoms with van der Waals surface area (Å²) in [6.07, 6.45) is -2.76. The normalized spacial score (nSPS) is 18.8. The van der Waals surface area contributed by atoms with Crippen molar-refractivity contribution in [1.29, 1.82) is 0 Å². The van der Waals surface area contributed by atoms with Gasteiger partial charge in [0.1, 0.15) is 5.82 Å². The van der Waals surface area contributed by atoms with Crippen LogP contribution in [0.15, 0.2) is 48.7 Å². The first-order chi connectivity index (χ1) is 13.4.